The molecular formula is C12H21NO4. The summed E-state index contributed by atoms with van der Waals surface area (Å²) in [4.78, 5) is 22.2. The predicted molar refractivity (Wildman–Crippen MR) is 62.6 cm³/mol. The SMILES string of the molecule is CCOCCCC(=O)NC(CC(=O)O)C1CC1. The summed E-state index contributed by atoms with van der Waals surface area (Å²) < 4.78 is 5.14. The molecule has 0 heterocycles. The molecule has 0 aromatic rings. The van der Waals surface area contributed by atoms with E-state index in [2.05, 4.69) is 5.32 Å². The van der Waals surface area contributed by atoms with Crippen molar-refractivity contribution in [3.63, 3.8) is 0 Å². The predicted octanol–water partition coefficient (Wildman–Crippen LogP) is 1.17. The molecule has 0 radical (unpaired) electrons. The molecule has 0 aromatic heterocycles. The molecule has 1 rings (SSSR count). The summed E-state index contributed by atoms with van der Waals surface area (Å²) in [5.41, 5.74) is 0. The third kappa shape index (κ3) is 6.26. The highest BCUT2D eigenvalue weighted by molar-refractivity contribution is 5.77. The number of amides is 1. The van der Waals surface area contributed by atoms with Crippen LogP contribution < -0.4 is 5.32 Å². The van der Waals surface area contributed by atoms with Crippen molar-refractivity contribution in [3.8, 4) is 0 Å². The third-order valence-electron chi connectivity index (χ3n) is 2.83. The Hall–Kier alpha value is -1.10. The van der Waals surface area contributed by atoms with Crippen LogP contribution in [-0.2, 0) is 14.3 Å². The van der Waals surface area contributed by atoms with Crippen molar-refractivity contribution < 1.29 is 19.4 Å². The molecule has 1 unspecified atom stereocenters. The second-order valence-corrected chi connectivity index (χ2v) is 4.41. The van der Waals surface area contributed by atoms with Crippen LogP contribution in [0.2, 0.25) is 0 Å². The Morgan fingerprint density at radius 3 is 2.71 bits per heavy atom. The quantitative estimate of drug-likeness (QED) is 0.596. The van der Waals surface area contributed by atoms with E-state index in [4.69, 9.17) is 9.84 Å². The number of hydrogen-bond donors (Lipinski definition) is 2. The molecule has 0 bridgehead atoms. The van der Waals surface area contributed by atoms with E-state index >= 15 is 0 Å². The van der Waals surface area contributed by atoms with Crippen LogP contribution in [0.1, 0.15) is 39.0 Å². The largest absolute Gasteiger partial charge is 0.481 e. The van der Waals surface area contributed by atoms with Crippen LogP contribution in [0.5, 0.6) is 0 Å². The van der Waals surface area contributed by atoms with Gasteiger partial charge >= 0.3 is 5.97 Å². The second kappa shape index (κ2) is 7.27. The molecule has 17 heavy (non-hydrogen) atoms. The lowest BCUT2D eigenvalue weighted by Crippen LogP contribution is -2.38. The molecule has 0 aliphatic heterocycles. The standard InChI is InChI=1S/C12H21NO4/c1-2-17-7-3-4-11(14)13-10(8-12(15)16)9-5-6-9/h9-10H,2-8H2,1H3,(H,13,14)(H,15,16). The van der Waals surface area contributed by atoms with E-state index in [9.17, 15) is 9.59 Å². The van der Waals surface area contributed by atoms with Crippen LogP contribution in [0.25, 0.3) is 0 Å². The minimum Gasteiger partial charge on any atom is -0.481 e. The first kappa shape index (κ1) is 14.0. The fourth-order valence-corrected chi connectivity index (χ4v) is 1.78. The Balaban J connectivity index is 2.19. The van der Waals surface area contributed by atoms with E-state index in [1.807, 2.05) is 6.92 Å². The van der Waals surface area contributed by atoms with Crippen LogP contribution in [0.4, 0.5) is 0 Å². The number of carbonyl (C=O) groups excluding carboxylic acids is 1. The smallest absolute Gasteiger partial charge is 0.305 e. The second-order valence-electron chi connectivity index (χ2n) is 4.41. The van der Waals surface area contributed by atoms with Crippen LogP contribution in [-0.4, -0.2) is 36.2 Å². The van der Waals surface area contributed by atoms with Crippen molar-refractivity contribution >= 4 is 11.9 Å². The number of carbonyl (C=O) groups is 2. The van der Waals surface area contributed by atoms with Crippen molar-refractivity contribution in [1.29, 1.82) is 0 Å². The first-order valence-corrected chi connectivity index (χ1v) is 6.22. The fraction of sp³-hybridized carbons (Fsp3) is 0.833. The van der Waals surface area contributed by atoms with E-state index < -0.39 is 5.97 Å². The molecule has 5 nitrogen and oxygen atoms in total. The highest BCUT2D eigenvalue weighted by Gasteiger charge is 2.33. The number of rotatable bonds is 9. The Morgan fingerprint density at radius 1 is 1.47 bits per heavy atom. The molecular weight excluding hydrogens is 222 g/mol. The Bertz CT molecular complexity index is 263. The molecule has 1 fully saturated rings. The van der Waals surface area contributed by atoms with E-state index in [0.29, 0.717) is 32.0 Å². The maximum atomic E-state index is 11.6. The lowest BCUT2D eigenvalue weighted by Gasteiger charge is -2.16. The number of aliphatic carboxylic acids is 1. The first-order chi connectivity index (χ1) is 8.13. The first-order valence-electron chi connectivity index (χ1n) is 6.22. The number of nitrogens with one attached hydrogen (secondary N) is 1. The summed E-state index contributed by atoms with van der Waals surface area (Å²) in [5.74, 6) is -0.554. The topological polar surface area (TPSA) is 75.6 Å². The average Bonchev–Trinajstić information content (AvgIpc) is 3.06. The van der Waals surface area contributed by atoms with Gasteiger partial charge in [-0.3, -0.25) is 9.59 Å². The van der Waals surface area contributed by atoms with Gasteiger partial charge in [0.05, 0.1) is 6.42 Å². The minimum atomic E-state index is -0.850. The monoisotopic (exact) mass is 243 g/mol. The van der Waals surface area contributed by atoms with Gasteiger partial charge in [-0.05, 0) is 32.1 Å². The zero-order valence-electron chi connectivity index (χ0n) is 10.3. The van der Waals surface area contributed by atoms with Crippen molar-refractivity contribution in [2.45, 2.75) is 45.1 Å². The van der Waals surface area contributed by atoms with E-state index in [-0.39, 0.29) is 18.4 Å². The van der Waals surface area contributed by atoms with Gasteiger partial charge in [0.25, 0.3) is 0 Å². The van der Waals surface area contributed by atoms with Gasteiger partial charge in [0.15, 0.2) is 0 Å². The van der Waals surface area contributed by atoms with Gasteiger partial charge in [-0.2, -0.15) is 0 Å². The van der Waals surface area contributed by atoms with Crippen molar-refractivity contribution in [3.05, 3.63) is 0 Å². The minimum absolute atomic E-state index is 0.0296. The van der Waals surface area contributed by atoms with Gasteiger partial charge in [0.2, 0.25) is 5.91 Å². The molecule has 98 valence electrons. The van der Waals surface area contributed by atoms with Crippen molar-refractivity contribution in [2.75, 3.05) is 13.2 Å². The van der Waals surface area contributed by atoms with Gasteiger partial charge < -0.3 is 15.2 Å². The maximum absolute atomic E-state index is 11.6. The molecule has 0 aromatic carbocycles. The summed E-state index contributed by atoms with van der Waals surface area (Å²) in [6, 6.07) is -0.188. The molecule has 0 spiro atoms. The zero-order chi connectivity index (χ0) is 12.7. The van der Waals surface area contributed by atoms with Crippen molar-refractivity contribution in [1.82, 2.24) is 5.32 Å². The normalized spacial score (nSPS) is 16.5. The molecule has 1 aliphatic rings. The average molecular weight is 243 g/mol. The highest BCUT2D eigenvalue weighted by atomic mass is 16.5. The van der Waals surface area contributed by atoms with Gasteiger partial charge in [0.1, 0.15) is 0 Å². The van der Waals surface area contributed by atoms with Crippen LogP contribution in [0.3, 0.4) is 0 Å². The molecule has 1 amide bonds. The number of carboxylic acids is 1. The van der Waals surface area contributed by atoms with Crippen LogP contribution >= 0.6 is 0 Å². The summed E-state index contributed by atoms with van der Waals surface area (Å²) in [7, 11) is 0. The molecule has 2 N–H and O–H groups in total. The number of carboxylic acid groups (broad SMARTS) is 1. The van der Waals surface area contributed by atoms with Gasteiger partial charge in [-0.25, -0.2) is 0 Å². The lowest BCUT2D eigenvalue weighted by atomic mass is 10.1. The maximum Gasteiger partial charge on any atom is 0.305 e. The Kier molecular flexibility index (Phi) is 5.97. The Labute approximate surface area is 102 Å². The van der Waals surface area contributed by atoms with E-state index in [1.165, 1.54) is 0 Å². The molecule has 1 aliphatic carbocycles. The summed E-state index contributed by atoms with van der Waals surface area (Å²) in [6.45, 7) is 3.15. The number of hydrogen-bond acceptors (Lipinski definition) is 3. The Morgan fingerprint density at radius 2 is 2.18 bits per heavy atom. The van der Waals surface area contributed by atoms with E-state index in [0.717, 1.165) is 12.8 Å². The van der Waals surface area contributed by atoms with Crippen LogP contribution in [0.15, 0.2) is 0 Å². The molecule has 1 saturated carbocycles. The lowest BCUT2D eigenvalue weighted by molar-refractivity contribution is -0.137. The molecule has 1 atom stereocenters. The summed E-state index contributed by atoms with van der Waals surface area (Å²) in [6.07, 6.45) is 3.17. The van der Waals surface area contributed by atoms with Crippen LogP contribution in [0, 0.1) is 5.92 Å². The summed E-state index contributed by atoms with van der Waals surface area (Å²) in [5, 5.41) is 11.6. The van der Waals surface area contributed by atoms with Gasteiger partial charge in [-0.15, -0.1) is 0 Å². The molecule has 5 heteroatoms. The molecule has 0 saturated heterocycles. The highest BCUT2D eigenvalue weighted by Crippen LogP contribution is 2.34. The number of ether oxygens (including phenoxy) is 1. The fourth-order valence-electron chi connectivity index (χ4n) is 1.78. The van der Waals surface area contributed by atoms with Gasteiger partial charge in [-0.1, -0.05) is 0 Å². The van der Waals surface area contributed by atoms with Crippen molar-refractivity contribution in [2.24, 2.45) is 5.92 Å². The van der Waals surface area contributed by atoms with Gasteiger partial charge in [0, 0.05) is 25.7 Å². The summed E-state index contributed by atoms with van der Waals surface area (Å²) >= 11 is 0. The third-order valence-corrected chi connectivity index (χ3v) is 2.83. The van der Waals surface area contributed by atoms with E-state index in [1.54, 1.807) is 0 Å². The zero-order valence-corrected chi connectivity index (χ0v) is 10.3.